The topological polar surface area (TPSA) is 60.7 Å². The molecule has 0 aliphatic rings. The van der Waals surface area contributed by atoms with Crippen molar-refractivity contribution in [2.24, 2.45) is 7.05 Å². The third kappa shape index (κ3) is 2.68. The lowest BCUT2D eigenvalue weighted by molar-refractivity contribution is 0.0990. The molecule has 5 nitrogen and oxygen atoms in total. The van der Waals surface area contributed by atoms with Crippen LogP contribution in [0.5, 0.6) is 0 Å². The number of nitrogens with zero attached hydrogens (tertiary/aromatic N) is 4. The van der Waals surface area contributed by atoms with Crippen molar-refractivity contribution in [2.45, 2.75) is 13.3 Å². The molecule has 1 heterocycles. The van der Waals surface area contributed by atoms with Crippen molar-refractivity contribution < 1.29 is 4.79 Å². The monoisotopic (exact) mass is 250 g/mol. The number of tetrazole rings is 1. The third-order valence-corrected chi connectivity index (χ3v) is 2.59. The number of carbonyl (C=O) groups is 1. The Morgan fingerprint density at radius 3 is 2.82 bits per heavy atom. The Bertz CT molecular complexity index is 564. The largest absolute Gasteiger partial charge is 0.294 e. The van der Waals surface area contributed by atoms with Crippen molar-refractivity contribution >= 4 is 17.4 Å². The van der Waals surface area contributed by atoms with Gasteiger partial charge in [0.1, 0.15) is 0 Å². The molecule has 88 valence electrons. The molecule has 6 heteroatoms. The fourth-order valence-corrected chi connectivity index (χ4v) is 1.80. The number of halogens is 1. The summed E-state index contributed by atoms with van der Waals surface area (Å²) in [6.45, 7) is 1.85. The van der Waals surface area contributed by atoms with Crippen molar-refractivity contribution in [2.75, 3.05) is 0 Å². The molecule has 2 aromatic rings. The second-order valence-corrected chi connectivity index (χ2v) is 4.19. The molecular weight excluding hydrogens is 240 g/mol. The average molecular weight is 251 g/mol. The Hall–Kier alpha value is -1.75. The van der Waals surface area contributed by atoms with Crippen LogP contribution in [-0.4, -0.2) is 26.0 Å². The molecule has 0 N–H and O–H groups in total. The minimum Gasteiger partial charge on any atom is -0.294 e. The summed E-state index contributed by atoms with van der Waals surface area (Å²) in [5.41, 5.74) is 1.49. The molecule has 0 spiro atoms. The first kappa shape index (κ1) is 11.7. The van der Waals surface area contributed by atoms with E-state index in [0.717, 1.165) is 5.56 Å². The zero-order valence-corrected chi connectivity index (χ0v) is 10.3. The van der Waals surface area contributed by atoms with Gasteiger partial charge in [0, 0.05) is 10.6 Å². The predicted molar refractivity (Wildman–Crippen MR) is 63.0 cm³/mol. The first-order valence-electron chi connectivity index (χ1n) is 5.08. The van der Waals surface area contributed by atoms with Gasteiger partial charge in [-0.1, -0.05) is 11.6 Å². The molecule has 0 bridgehead atoms. The van der Waals surface area contributed by atoms with E-state index in [2.05, 4.69) is 15.4 Å². The summed E-state index contributed by atoms with van der Waals surface area (Å²) in [5.74, 6) is 0.388. The Morgan fingerprint density at radius 2 is 2.24 bits per heavy atom. The summed E-state index contributed by atoms with van der Waals surface area (Å²) >= 11 is 5.84. The highest BCUT2D eigenvalue weighted by Crippen LogP contribution is 2.16. The zero-order valence-electron chi connectivity index (χ0n) is 9.51. The first-order chi connectivity index (χ1) is 8.06. The standard InChI is InChI=1S/C11H11ClN4O/c1-7-5-8(12)3-4-9(7)10(17)6-11-13-15-16(2)14-11/h3-5H,6H2,1-2H3. The molecule has 0 radical (unpaired) electrons. The van der Waals surface area contributed by atoms with E-state index in [1.807, 2.05) is 6.92 Å². The van der Waals surface area contributed by atoms with E-state index < -0.39 is 0 Å². The fourth-order valence-electron chi connectivity index (χ4n) is 1.57. The Morgan fingerprint density at radius 1 is 1.47 bits per heavy atom. The Labute approximate surface area is 103 Å². The van der Waals surface area contributed by atoms with Gasteiger partial charge in [-0.3, -0.25) is 4.79 Å². The smallest absolute Gasteiger partial charge is 0.182 e. The number of benzene rings is 1. The van der Waals surface area contributed by atoms with Crippen LogP contribution in [0.1, 0.15) is 21.7 Å². The van der Waals surface area contributed by atoms with Crippen LogP contribution in [-0.2, 0) is 13.5 Å². The fraction of sp³-hybridized carbons (Fsp3) is 0.273. The molecule has 0 fully saturated rings. The van der Waals surface area contributed by atoms with Crippen LogP contribution in [0.3, 0.4) is 0 Å². The minimum absolute atomic E-state index is 0.0350. The van der Waals surface area contributed by atoms with Gasteiger partial charge in [0.15, 0.2) is 11.6 Å². The third-order valence-electron chi connectivity index (χ3n) is 2.36. The second kappa shape index (κ2) is 4.63. The predicted octanol–water partition coefficient (Wildman–Crippen LogP) is 1.60. The highest BCUT2D eigenvalue weighted by atomic mass is 35.5. The van der Waals surface area contributed by atoms with Crippen LogP contribution in [0.15, 0.2) is 18.2 Å². The highest BCUT2D eigenvalue weighted by Gasteiger charge is 2.13. The maximum Gasteiger partial charge on any atom is 0.182 e. The second-order valence-electron chi connectivity index (χ2n) is 3.75. The number of ketones is 1. The lowest BCUT2D eigenvalue weighted by atomic mass is 10.0. The molecular formula is C11H11ClN4O. The van der Waals surface area contributed by atoms with E-state index in [1.165, 1.54) is 4.80 Å². The molecule has 0 atom stereocenters. The number of hydrogen-bond donors (Lipinski definition) is 0. The lowest BCUT2D eigenvalue weighted by Crippen LogP contribution is -2.07. The molecule has 17 heavy (non-hydrogen) atoms. The van der Waals surface area contributed by atoms with E-state index in [9.17, 15) is 4.79 Å². The molecule has 0 amide bonds. The van der Waals surface area contributed by atoms with Crippen LogP contribution >= 0.6 is 11.6 Å². The summed E-state index contributed by atoms with van der Waals surface area (Å²) in [6, 6.07) is 5.18. The maximum absolute atomic E-state index is 12.0. The summed E-state index contributed by atoms with van der Waals surface area (Å²) in [7, 11) is 1.66. The van der Waals surface area contributed by atoms with Gasteiger partial charge >= 0.3 is 0 Å². The van der Waals surface area contributed by atoms with Crippen molar-refractivity contribution in [1.29, 1.82) is 0 Å². The van der Waals surface area contributed by atoms with Crippen molar-refractivity contribution in [1.82, 2.24) is 20.2 Å². The quantitative estimate of drug-likeness (QED) is 0.777. The van der Waals surface area contributed by atoms with Gasteiger partial charge < -0.3 is 0 Å². The van der Waals surface area contributed by atoms with E-state index in [4.69, 9.17) is 11.6 Å². The molecule has 0 aliphatic heterocycles. The first-order valence-corrected chi connectivity index (χ1v) is 5.46. The van der Waals surface area contributed by atoms with E-state index >= 15 is 0 Å². The summed E-state index contributed by atoms with van der Waals surface area (Å²) in [5, 5.41) is 12.1. The lowest BCUT2D eigenvalue weighted by Gasteiger charge is -2.03. The minimum atomic E-state index is -0.0350. The van der Waals surface area contributed by atoms with Gasteiger partial charge in [-0.2, -0.15) is 4.80 Å². The SMILES string of the molecule is Cc1cc(Cl)ccc1C(=O)Cc1nnn(C)n1. The Balaban J connectivity index is 2.20. The molecule has 2 rings (SSSR count). The average Bonchev–Trinajstić information content (AvgIpc) is 2.63. The summed E-state index contributed by atoms with van der Waals surface area (Å²) in [4.78, 5) is 13.3. The molecule has 1 aromatic heterocycles. The van der Waals surface area contributed by atoms with E-state index in [0.29, 0.717) is 16.4 Å². The molecule has 0 saturated heterocycles. The maximum atomic E-state index is 12.0. The van der Waals surface area contributed by atoms with Crippen LogP contribution < -0.4 is 0 Å². The molecule has 0 unspecified atom stereocenters. The van der Waals surface area contributed by atoms with Gasteiger partial charge in [0.2, 0.25) is 0 Å². The number of Topliss-reactive ketones (excluding diaryl/α,β-unsaturated/α-hetero) is 1. The van der Waals surface area contributed by atoms with Gasteiger partial charge in [0.05, 0.1) is 13.5 Å². The van der Waals surface area contributed by atoms with Crippen LogP contribution in [0.25, 0.3) is 0 Å². The number of aromatic nitrogens is 4. The number of hydrogen-bond acceptors (Lipinski definition) is 4. The summed E-state index contributed by atoms with van der Waals surface area (Å²) < 4.78 is 0. The number of rotatable bonds is 3. The zero-order chi connectivity index (χ0) is 12.4. The van der Waals surface area contributed by atoms with Gasteiger partial charge in [-0.15, -0.1) is 10.2 Å². The van der Waals surface area contributed by atoms with Crippen molar-refractivity contribution in [3.63, 3.8) is 0 Å². The van der Waals surface area contributed by atoms with Crippen LogP contribution in [0, 0.1) is 6.92 Å². The molecule has 1 aromatic carbocycles. The van der Waals surface area contributed by atoms with E-state index in [-0.39, 0.29) is 12.2 Å². The van der Waals surface area contributed by atoms with Gasteiger partial charge in [0.25, 0.3) is 0 Å². The molecule has 0 aliphatic carbocycles. The number of aryl methyl sites for hydroxylation is 2. The van der Waals surface area contributed by atoms with Crippen molar-refractivity contribution in [3.05, 3.63) is 40.2 Å². The normalized spacial score (nSPS) is 10.5. The highest BCUT2D eigenvalue weighted by molar-refractivity contribution is 6.30. The summed E-state index contributed by atoms with van der Waals surface area (Å²) in [6.07, 6.45) is 0.149. The molecule has 0 saturated carbocycles. The van der Waals surface area contributed by atoms with Gasteiger partial charge in [-0.25, -0.2) is 0 Å². The number of carbonyl (C=O) groups excluding carboxylic acids is 1. The van der Waals surface area contributed by atoms with Gasteiger partial charge in [-0.05, 0) is 35.9 Å². The Kier molecular flexibility index (Phi) is 3.19. The van der Waals surface area contributed by atoms with Crippen molar-refractivity contribution in [3.8, 4) is 0 Å². The van der Waals surface area contributed by atoms with E-state index in [1.54, 1.807) is 25.2 Å². The van der Waals surface area contributed by atoms with Crippen LogP contribution in [0.4, 0.5) is 0 Å². The van der Waals surface area contributed by atoms with Crippen LogP contribution in [0.2, 0.25) is 5.02 Å².